The molecule has 0 fully saturated rings. The van der Waals surface area contributed by atoms with Gasteiger partial charge in [-0.3, -0.25) is 0 Å². The van der Waals surface area contributed by atoms with Crippen LogP contribution in [-0.2, 0) is 13.0 Å². The summed E-state index contributed by atoms with van der Waals surface area (Å²) in [5.41, 5.74) is 6.56. The number of rotatable bonds is 3. The van der Waals surface area contributed by atoms with Crippen molar-refractivity contribution in [2.45, 2.75) is 19.9 Å². The number of para-hydroxylation sites is 1. The molecule has 3 heteroatoms. The van der Waals surface area contributed by atoms with Crippen molar-refractivity contribution in [3.63, 3.8) is 0 Å². The van der Waals surface area contributed by atoms with Gasteiger partial charge in [0.15, 0.2) is 0 Å². The van der Waals surface area contributed by atoms with Crippen molar-refractivity contribution in [1.82, 2.24) is 0 Å². The zero-order valence-electron chi connectivity index (χ0n) is 11.0. The van der Waals surface area contributed by atoms with Crippen molar-refractivity contribution >= 4 is 27.3 Å². The number of fused-ring (bicyclic) bond motifs is 1. The smallest absolute Gasteiger partial charge is 0.0424 e. The summed E-state index contributed by atoms with van der Waals surface area (Å²) in [4.78, 5) is 0. The van der Waals surface area contributed by atoms with Gasteiger partial charge >= 0.3 is 0 Å². The summed E-state index contributed by atoms with van der Waals surface area (Å²) in [5, 5.41) is 7.01. The van der Waals surface area contributed by atoms with E-state index >= 15 is 0 Å². The Morgan fingerprint density at radius 1 is 1.26 bits per heavy atom. The van der Waals surface area contributed by atoms with Crippen LogP contribution in [0.1, 0.15) is 16.7 Å². The third-order valence-corrected chi connectivity index (χ3v) is 4.08. The number of anilines is 2. The predicted molar refractivity (Wildman–Crippen MR) is 84.8 cm³/mol. The molecular weight excluding hydrogens is 300 g/mol. The molecule has 2 nitrogen and oxygen atoms in total. The van der Waals surface area contributed by atoms with E-state index in [1.807, 2.05) is 0 Å². The van der Waals surface area contributed by atoms with Crippen LogP contribution in [0.2, 0.25) is 0 Å². The molecule has 2 aromatic carbocycles. The highest BCUT2D eigenvalue weighted by atomic mass is 79.9. The summed E-state index contributed by atoms with van der Waals surface area (Å²) in [6.45, 7) is 4.04. The van der Waals surface area contributed by atoms with Crippen molar-refractivity contribution in [3.05, 3.63) is 57.6 Å². The van der Waals surface area contributed by atoms with Gasteiger partial charge in [-0.2, -0.15) is 0 Å². The van der Waals surface area contributed by atoms with Gasteiger partial charge in [-0.05, 0) is 48.2 Å². The Morgan fingerprint density at radius 2 is 2.16 bits per heavy atom. The maximum atomic E-state index is 3.53. The van der Waals surface area contributed by atoms with Gasteiger partial charge in [0.05, 0.1) is 0 Å². The summed E-state index contributed by atoms with van der Waals surface area (Å²) < 4.78 is 1.12. The molecule has 0 radical (unpaired) electrons. The molecule has 19 heavy (non-hydrogen) atoms. The number of hydrogen-bond donors (Lipinski definition) is 2. The van der Waals surface area contributed by atoms with Gasteiger partial charge in [0.25, 0.3) is 0 Å². The average molecular weight is 317 g/mol. The highest BCUT2D eigenvalue weighted by molar-refractivity contribution is 9.10. The van der Waals surface area contributed by atoms with Crippen LogP contribution in [0.3, 0.4) is 0 Å². The summed E-state index contributed by atoms with van der Waals surface area (Å²) in [5.74, 6) is 0. The van der Waals surface area contributed by atoms with Crippen LogP contribution in [0.15, 0.2) is 40.9 Å². The Hall–Kier alpha value is -1.48. The fraction of sp³-hybridized carbons (Fsp3) is 0.250. The fourth-order valence-corrected chi connectivity index (χ4v) is 3.05. The summed E-state index contributed by atoms with van der Waals surface area (Å²) >= 11 is 3.50. The first-order chi connectivity index (χ1) is 9.24. The van der Waals surface area contributed by atoms with Crippen molar-refractivity contribution < 1.29 is 0 Å². The molecule has 0 atom stereocenters. The minimum Gasteiger partial charge on any atom is -0.384 e. The highest BCUT2D eigenvalue weighted by Crippen LogP contribution is 2.27. The van der Waals surface area contributed by atoms with Crippen molar-refractivity contribution in [2.24, 2.45) is 0 Å². The SMILES string of the molecule is Cc1cc(Br)ccc1NCc1cccc2c1NCC2. The van der Waals surface area contributed by atoms with Crippen molar-refractivity contribution in [1.29, 1.82) is 0 Å². The van der Waals surface area contributed by atoms with E-state index in [0.29, 0.717) is 0 Å². The second-order valence-corrected chi connectivity index (χ2v) is 5.86. The lowest BCUT2D eigenvalue weighted by atomic mass is 10.1. The fourth-order valence-electron chi connectivity index (χ4n) is 2.57. The third kappa shape index (κ3) is 2.61. The number of nitrogens with one attached hydrogen (secondary N) is 2. The molecule has 0 saturated heterocycles. The maximum absolute atomic E-state index is 3.53. The molecule has 0 aliphatic carbocycles. The number of aryl methyl sites for hydroxylation is 1. The largest absolute Gasteiger partial charge is 0.384 e. The molecule has 0 amide bonds. The molecule has 98 valence electrons. The van der Waals surface area contributed by atoms with E-state index in [9.17, 15) is 0 Å². The lowest BCUT2D eigenvalue weighted by molar-refractivity contribution is 1.11. The van der Waals surface area contributed by atoms with Gasteiger partial charge in [0.2, 0.25) is 0 Å². The minimum absolute atomic E-state index is 0.860. The van der Waals surface area contributed by atoms with Crippen LogP contribution in [0, 0.1) is 6.92 Å². The Labute approximate surface area is 122 Å². The minimum atomic E-state index is 0.860. The first-order valence-electron chi connectivity index (χ1n) is 6.59. The standard InChI is InChI=1S/C16H17BrN2/c1-11-9-14(17)5-6-15(11)19-10-13-4-2-3-12-7-8-18-16(12)13/h2-6,9,18-19H,7-8,10H2,1H3. The Morgan fingerprint density at radius 3 is 3.00 bits per heavy atom. The zero-order chi connectivity index (χ0) is 13.2. The van der Waals surface area contributed by atoms with Gasteiger partial charge < -0.3 is 10.6 Å². The van der Waals surface area contributed by atoms with E-state index in [-0.39, 0.29) is 0 Å². The third-order valence-electron chi connectivity index (χ3n) is 3.59. The molecule has 0 spiro atoms. The van der Waals surface area contributed by atoms with Gasteiger partial charge in [0.1, 0.15) is 0 Å². The van der Waals surface area contributed by atoms with Crippen LogP contribution in [-0.4, -0.2) is 6.54 Å². The molecular formula is C16H17BrN2. The van der Waals surface area contributed by atoms with E-state index in [1.165, 1.54) is 28.1 Å². The zero-order valence-corrected chi connectivity index (χ0v) is 12.5. The Kier molecular flexibility index (Phi) is 3.47. The quantitative estimate of drug-likeness (QED) is 0.880. The monoisotopic (exact) mass is 316 g/mol. The van der Waals surface area contributed by atoms with Gasteiger partial charge in [-0.1, -0.05) is 34.1 Å². The van der Waals surface area contributed by atoms with E-state index in [0.717, 1.165) is 24.0 Å². The number of halogens is 1. The summed E-state index contributed by atoms with van der Waals surface area (Å²) in [7, 11) is 0. The van der Waals surface area contributed by atoms with E-state index < -0.39 is 0 Å². The van der Waals surface area contributed by atoms with Crippen LogP contribution in [0.4, 0.5) is 11.4 Å². The van der Waals surface area contributed by atoms with Crippen LogP contribution >= 0.6 is 15.9 Å². The normalized spacial score (nSPS) is 12.9. The van der Waals surface area contributed by atoms with Gasteiger partial charge in [-0.25, -0.2) is 0 Å². The van der Waals surface area contributed by atoms with Gasteiger partial charge in [0, 0.05) is 28.9 Å². The molecule has 2 aromatic rings. The predicted octanol–water partition coefficient (Wildman–Crippen LogP) is 4.34. The molecule has 3 rings (SSSR count). The second-order valence-electron chi connectivity index (χ2n) is 4.94. The lowest BCUT2D eigenvalue weighted by Crippen LogP contribution is -2.04. The molecule has 0 unspecified atom stereocenters. The van der Waals surface area contributed by atoms with Crippen LogP contribution in [0.5, 0.6) is 0 Å². The highest BCUT2D eigenvalue weighted by Gasteiger charge is 2.13. The Balaban J connectivity index is 1.78. The lowest BCUT2D eigenvalue weighted by Gasteiger charge is -2.13. The molecule has 0 bridgehead atoms. The maximum Gasteiger partial charge on any atom is 0.0424 e. The summed E-state index contributed by atoms with van der Waals surface area (Å²) in [6, 6.07) is 12.9. The van der Waals surface area contributed by atoms with Gasteiger partial charge in [-0.15, -0.1) is 0 Å². The number of hydrogen-bond acceptors (Lipinski definition) is 2. The molecule has 1 aliphatic heterocycles. The van der Waals surface area contributed by atoms with Crippen molar-refractivity contribution in [2.75, 3.05) is 17.2 Å². The molecule has 2 N–H and O–H groups in total. The summed E-state index contributed by atoms with van der Waals surface area (Å²) in [6.07, 6.45) is 1.14. The van der Waals surface area contributed by atoms with Crippen LogP contribution in [0.25, 0.3) is 0 Å². The first kappa shape index (κ1) is 12.5. The van der Waals surface area contributed by atoms with E-state index in [4.69, 9.17) is 0 Å². The first-order valence-corrected chi connectivity index (χ1v) is 7.38. The topological polar surface area (TPSA) is 24.1 Å². The van der Waals surface area contributed by atoms with Crippen molar-refractivity contribution in [3.8, 4) is 0 Å². The second kappa shape index (κ2) is 5.25. The molecule has 1 heterocycles. The Bertz CT molecular complexity index is 608. The molecule has 0 aromatic heterocycles. The van der Waals surface area contributed by atoms with E-state index in [2.05, 4.69) is 69.9 Å². The van der Waals surface area contributed by atoms with Crippen LogP contribution < -0.4 is 10.6 Å². The molecule has 1 aliphatic rings. The average Bonchev–Trinajstić information content (AvgIpc) is 2.86. The van der Waals surface area contributed by atoms with E-state index in [1.54, 1.807) is 0 Å². The number of benzene rings is 2. The molecule has 0 saturated carbocycles.